The normalized spacial score (nSPS) is 27.2. The topological polar surface area (TPSA) is 69.4 Å². The van der Waals surface area contributed by atoms with Crippen molar-refractivity contribution in [1.82, 2.24) is 0 Å². The van der Waals surface area contributed by atoms with Gasteiger partial charge in [-0.05, 0) is 25.7 Å². The Hall–Kier alpha value is -0.610. The van der Waals surface area contributed by atoms with Gasteiger partial charge in [-0.15, -0.1) is 12.4 Å². The van der Waals surface area contributed by atoms with Crippen LogP contribution in [0.3, 0.4) is 0 Å². The number of rotatable bonds is 2. The van der Waals surface area contributed by atoms with Gasteiger partial charge in [0.05, 0.1) is 0 Å². The summed E-state index contributed by atoms with van der Waals surface area (Å²) < 4.78 is 4.83. The molecule has 76 valence electrons. The maximum absolute atomic E-state index is 10.5. The molecule has 5 heteroatoms. The van der Waals surface area contributed by atoms with Gasteiger partial charge in [-0.2, -0.15) is 0 Å². The minimum absolute atomic E-state index is 0. The predicted octanol–water partition coefficient (Wildman–Crippen LogP) is 0.420. The van der Waals surface area contributed by atoms with Gasteiger partial charge in [0.15, 0.2) is 0 Å². The molecule has 0 radical (unpaired) electrons. The molecule has 0 bridgehead atoms. The molecule has 1 rings (SSSR count). The van der Waals surface area contributed by atoms with E-state index < -0.39 is 5.97 Å². The second-order valence-electron chi connectivity index (χ2n) is 3.09. The van der Waals surface area contributed by atoms with Gasteiger partial charge in [-0.25, -0.2) is 4.79 Å². The number of aldehydes is 1. The van der Waals surface area contributed by atoms with Crippen LogP contribution in [0.5, 0.6) is 0 Å². The Labute approximate surface area is 83.2 Å². The molecule has 1 aliphatic carbocycles. The maximum Gasteiger partial charge on any atom is 0.371 e. The Kier molecular flexibility index (Phi) is 5.66. The Morgan fingerprint density at radius 2 is 1.85 bits per heavy atom. The number of ether oxygens (including phenoxy) is 1. The van der Waals surface area contributed by atoms with Crippen LogP contribution < -0.4 is 5.73 Å². The van der Waals surface area contributed by atoms with E-state index in [-0.39, 0.29) is 30.8 Å². The van der Waals surface area contributed by atoms with Gasteiger partial charge in [0.1, 0.15) is 6.10 Å². The minimum Gasteiger partial charge on any atom is -0.457 e. The second-order valence-corrected chi connectivity index (χ2v) is 3.09. The number of hydrogen-bond donors (Lipinski definition) is 1. The molecule has 0 aromatic heterocycles. The van der Waals surface area contributed by atoms with Gasteiger partial charge in [0.25, 0.3) is 0 Å². The summed E-state index contributed by atoms with van der Waals surface area (Å²) in [7, 11) is 0. The van der Waals surface area contributed by atoms with E-state index in [1.807, 2.05) is 0 Å². The van der Waals surface area contributed by atoms with E-state index in [2.05, 4.69) is 0 Å². The van der Waals surface area contributed by atoms with Crippen molar-refractivity contribution in [3.63, 3.8) is 0 Å². The van der Waals surface area contributed by atoms with E-state index in [0.29, 0.717) is 0 Å². The van der Waals surface area contributed by atoms with Crippen molar-refractivity contribution in [3.05, 3.63) is 0 Å². The fourth-order valence-electron chi connectivity index (χ4n) is 1.40. The molecule has 1 aliphatic rings. The molecule has 0 saturated heterocycles. The molecule has 1 saturated carbocycles. The molecule has 13 heavy (non-hydrogen) atoms. The minimum atomic E-state index is -0.768. The van der Waals surface area contributed by atoms with Crippen LogP contribution in [0.25, 0.3) is 0 Å². The standard InChI is InChI=1S/C8H13NO3.ClH/c9-6-1-3-7(4-2-6)12-8(11)5-10;/h5-7H,1-4,9H2;1H/t6-,7-;. The third kappa shape index (κ3) is 4.24. The first-order valence-corrected chi connectivity index (χ1v) is 4.13. The van der Waals surface area contributed by atoms with Crippen LogP contribution in [0.1, 0.15) is 25.7 Å². The number of nitrogens with two attached hydrogens (primary N) is 1. The van der Waals surface area contributed by atoms with Crippen LogP contribution >= 0.6 is 12.4 Å². The predicted molar refractivity (Wildman–Crippen MR) is 49.6 cm³/mol. The SMILES string of the molecule is Cl.N[C@H]1CC[C@H](OC(=O)C=O)CC1. The summed E-state index contributed by atoms with van der Waals surface area (Å²) >= 11 is 0. The number of hydrogen-bond acceptors (Lipinski definition) is 4. The van der Waals surface area contributed by atoms with Gasteiger partial charge in [0, 0.05) is 6.04 Å². The molecule has 0 unspecified atom stereocenters. The fourth-order valence-corrected chi connectivity index (χ4v) is 1.40. The van der Waals surface area contributed by atoms with Crippen molar-refractivity contribution in [3.8, 4) is 0 Å². The second kappa shape index (κ2) is 5.94. The van der Waals surface area contributed by atoms with Gasteiger partial charge < -0.3 is 10.5 Å². The summed E-state index contributed by atoms with van der Waals surface area (Å²) in [6, 6.07) is 0.233. The first-order valence-electron chi connectivity index (χ1n) is 4.13. The van der Waals surface area contributed by atoms with Crippen molar-refractivity contribution < 1.29 is 14.3 Å². The molecule has 0 spiro atoms. The van der Waals surface area contributed by atoms with Crippen molar-refractivity contribution in [1.29, 1.82) is 0 Å². The van der Waals surface area contributed by atoms with Crippen LogP contribution in [-0.4, -0.2) is 24.4 Å². The van der Waals surface area contributed by atoms with Crippen molar-refractivity contribution in [2.24, 2.45) is 5.73 Å². The van der Waals surface area contributed by atoms with Gasteiger partial charge in [-0.3, -0.25) is 4.79 Å². The summed E-state index contributed by atoms with van der Waals surface area (Å²) in [5, 5.41) is 0. The lowest BCUT2D eigenvalue weighted by atomic mass is 9.94. The monoisotopic (exact) mass is 207 g/mol. The first kappa shape index (κ1) is 12.4. The zero-order chi connectivity index (χ0) is 8.97. The van der Waals surface area contributed by atoms with Crippen molar-refractivity contribution in [2.75, 3.05) is 0 Å². The molecule has 0 amide bonds. The third-order valence-electron chi connectivity index (χ3n) is 2.10. The largest absolute Gasteiger partial charge is 0.457 e. The number of halogens is 1. The van der Waals surface area contributed by atoms with Gasteiger partial charge in [-0.1, -0.05) is 0 Å². The maximum atomic E-state index is 10.5. The zero-order valence-electron chi connectivity index (χ0n) is 7.27. The number of esters is 1. The van der Waals surface area contributed by atoms with Crippen LogP contribution in [0.15, 0.2) is 0 Å². The number of carbonyl (C=O) groups excluding carboxylic acids is 2. The van der Waals surface area contributed by atoms with E-state index in [1.165, 1.54) is 0 Å². The molecule has 0 aromatic rings. The Morgan fingerprint density at radius 1 is 1.31 bits per heavy atom. The molecule has 0 atom stereocenters. The fraction of sp³-hybridized carbons (Fsp3) is 0.750. The quantitative estimate of drug-likeness (QED) is 0.405. The average molecular weight is 208 g/mol. The highest BCUT2D eigenvalue weighted by atomic mass is 35.5. The van der Waals surface area contributed by atoms with Crippen LogP contribution in [0.2, 0.25) is 0 Å². The zero-order valence-corrected chi connectivity index (χ0v) is 8.09. The lowest BCUT2D eigenvalue weighted by Gasteiger charge is -2.24. The van der Waals surface area contributed by atoms with E-state index in [4.69, 9.17) is 10.5 Å². The average Bonchev–Trinajstić information content (AvgIpc) is 2.09. The summed E-state index contributed by atoms with van der Waals surface area (Å²) in [5.41, 5.74) is 5.65. The Morgan fingerprint density at radius 3 is 2.31 bits per heavy atom. The highest BCUT2D eigenvalue weighted by molar-refractivity contribution is 6.20. The molecule has 0 aromatic carbocycles. The molecule has 2 N–H and O–H groups in total. The Balaban J connectivity index is 0.00000144. The van der Waals surface area contributed by atoms with Crippen molar-refractivity contribution >= 4 is 24.7 Å². The van der Waals surface area contributed by atoms with E-state index >= 15 is 0 Å². The lowest BCUT2D eigenvalue weighted by Crippen LogP contribution is -2.31. The molecule has 0 aliphatic heterocycles. The summed E-state index contributed by atoms with van der Waals surface area (Å²) in [6.45, 7) is 0. The molecular formula is C8H14ClNO3. The van der Waals surface area contributed by atoms with E-state index in [1.54, 1.807) is 0 Å². The highest BCUT2D eigenvalue weighted by Gasteiger charge is 2.21. The number of carbonyl (C=O) groups is 2. The highest BCUT2D eigenvalue weighted by Crippen LogP contribution is 2.19. The summed E-state index contributed by atoms with van der Waals surface area (Å²) in [5.74, 6) is -0.768. The van der Waals surface area contributed by atoms with Crippen LogP contribution in [0.4, 0.5) is 0 Å². The van der Waals surface area contributed by atoms with Crippen LogP contribution in [0, 0.1) is 0 Å². The smallest absolute Gasteiger partial charge is 0.371 e. The lowest BCUT2D eigenvalue weighted by molar-refractivity contribution is -0.154. The molecular weight excluding hydrogens is 194 g/mol. The Bertz CT molecular complexity index is 178. The van der Waals surface area contributed by atoms with Gasteiger partial charge >= 0.3 is 5.97 Å². The molecule has 1 fully saturated rings. The molecule has 0 heterocycles. The molecule has 4 nitrogen and oxygen atoms in total. The van der Waals surface area contributed by atoms with Crippen molar-refractivity contribution in [2.45, 2.75) is 37.8 Å². The van der Waals surface area contributed by atoms with Gasteiger partial charge in [0.2, 0.25) is 6.29 Å². The summed E-state index contributed by atoms with van der Waals surface area (Å²) in [6.07, 6.45) is 3.41. The third-order valence-corrected chi connectivity index (χ3v) is 2.10. The van der Waals surface area contributed by atoms with Crippen LogP contribution in [-0.2, 0) is 14.3 Å². The summed E-state index contributed by atoms with van der Waals surface area (Å²) in [4.78, 5) is 20.5. The van der Waals surface area contributed by atoms with E-state index in [9.17, 15) is 9.59 Å². The van der Waals surface area contributed by atoms with E-state index in [0.717, 1.165) is 25.7 Å². The first-order chi connectivity index (χ1) is 5.72.